The summed E-state index contributed by atoms with van der Waals surface area (Å²) in [7, 11) is 0. The monoisotopic (exact) mass is 312 g/mol. The minimum atomic E-state index is -0.363. The average molecular weight is 312 g/mol. The molecule has 2 aromatic rings. The Bertz CT molecular complexity index is 667. The molecule has 23 heavy (non-hydrogen) atoms. The van der Waals surface area contributed by atoms with Crippen molar-refractivity contribution in [3.8, 4) is 6.07 Å². The van der Waals surface area contributed by atoms with Gasteiger partial charge in [-0.3, -0.25) is 4.90 Å². The van der Waals surface area contributed by atoms with Gasteiger partial charge in [-0.05, 0) is 31.0 Å². The van der Waals surface area contributed by atoms with Crippen molar-refractivity contribution in [3.05, 3.63) is 71.0 Å². The van der Waals surface area contributed by atoms with E-state index >= 15 is 0 Å². The van der Waals surface area contributed by atoms with Gasteiger partial charge in [0.15, 0.2) is 0 Å². The van der Waals surface area contributed by atoms with Crippen molar-refractivity contribution < 1.29 is 9.50 Å². The number of hydrogen-bond donors (Lipinski definition) is 1. The normalized spacial score (nSPS) is 12.1. The van der Waals surface area contributed by atoms with Gasteiger partial charge in [-0.1, -0.05) is 36.4 Å². The van der Waals surface area contributed by atoms with Crippen molar-refractivity contribution in [1.82, 2.24) is 4.90 Å². The summed E-state index contributed by atoms with van der Waals surface area (Å²) >= 11 is 0. The molecule has 0 fully saturated rings. The molecule has 0 aliphatic rings. The SMILES string of the molecule is CC(CCO)N(Cc1ccccc1)Cc1ccc(C#N)cc1F. The molecule has 2 rings (SSSR count). The summed E-state index contributed by atoms with van der Waals surface area (Å²) in [5, 5.41) is 18.0. The van der Waals surface area contributed by atoms with Crippen LogP contribution in [0, 0.1) is 17.1 Å². The van der Waals surface area contributed by atoms with Crippen LogP contribution in [0.1, 0.15) is 30.0 Å². The van der Waals surface area contributed by atoms with E-state index in [0.29, 0.717) is 30.6 Å². The van der Waals surface area contributed by atoms with E-state index in [4.69, 9.17) is 5.26 Å². The standard InChI is InChI=1S/C19H21FN2O/c1-15(9-10-23)22(13-16-5-3-2-4-6-16)14-18-8-7-17(12-21)11-19(18)20/h2-8,11,15,23H,9-10,13-14H2,1H3. The lowest BCUT2D eigenvalue weighted by Crippen LogP contribution is -2.33. The van der Waals surface area contributed by atoms with Gasteiger partial charge in [0.2, 0.25) is 0 Å². The van der Waals surface area contributed by atoms with Gasteiger partial charge in [0.05, 0.1) is 11.6 Å². The highest BCUT2D eigenvalue weighted by Crippen LogP contribution is 2.18. The number of nitrogens with zero attached hydrogens (tertiary/aromatic N) is 2. The summed E-state index contributed by atoms with van der Waals surface area (Å²) in [4.78, 5) is 2.13. The summed E-state index contributed by atoms with van der Waals surface area (Å²) in [5.41, 5.74) is 2.03. The van der Waals surface area contributed by atoms with E-state index in [-0.39, 0.29) is 18.5 Å². The average Bonchev–Trinajstić information content (AvgIpc) is 2.57. The molecule has 1 N–H and O–H groups in total. The van der Waals surface area contributed by atoms with Gasteiger partial charge in [-0.15, -0.1) is 0 Å². The highest BCUT2D eigenvalue weighted by Gasteiger charge is 2.16. The first-order chi connectivity index (χ1) is 11.1. The maximum atomic E-state index is 14.2. The lowest BCUT2D eigenvalue weighted by molar-refractivity contribution is 0.152. The topological polar surface area (TPSA) is 47.3 Å². The van der Waals surface area contributed by atoms with Crippen molar-refractivity contribution in [2.24, 2.45) is 0 Å². The summed E-state index contributed by atoms with van der Waals surface area (Å²) in [6.07, 6.45) is 0.630. The molecule has 4 heteroatoms. The number of hydrogen-bond acceptors (Lipinski definition) is 3. The Morgan fingerprint density at radius 1 is 1.17 bits per heavy atom. The van der Waals surface area contributed by atoms with E-state index in [1.807, 2.05) is 43.3 Å². The van der Waals surface area contributed by atoms with Gasteiger partial charge in [0.25, 0.3) is 0 Å². The van der Waals surface area contributed by atoms with Crippen LogP contribution in [0.2, 0.25) is 0 Å². The van der Waals surface area contributed by atoms with Crippen LogP contribution in [-0.2, 0) is 13.1 Å². The highest BCUT2D eigenvalue weighted by molar-refractivity contribution is 5.33. The minimum Gasteiger partial charge on any atom is -0.396 e. The van der Waals surface area contributed by atoms with Crippen molar-refractivity contribution in [2.45, 2.75) is 32.5 Å². The third-order valence-corrected chi connectivity index (χ3v) is 3.95. The Morgan fingerprint density at radius 3 is 2.52 bits per heavy atom. The Labute approximate surface area is 136 Å². The number of halogens is 1. The molecule has 1 atom stereocenters. The lowest BCUT2D eigenvalue weighted by atomic mass is 10.1. The van der Waals surface area contributed by atoms with Gasteiger partial charge >= 0.3 is 0 Å². The maximum Gasteiger partial charge on any atom is 0.129 e. The molecule has 0 amide bonds. The van der Waals surface area contributed by atoms with E-state index in [1.54, 1.807) is 12.1 Å². The second kappa shape index (κ2) is 8.42. The molecule has 0 radical (unpaired) electrons. The van der Waals surface area contributed by atoms with Crippen LogP contribution in [0.3, 0.4) is 0 Å². The number of rotatable bonds is 7. The van der Waals surface area contributed by atoms with Crippen molar-refractivity contribution in [3.63, 3.8) is 0 Å². The maximum absolute atomic E-state index is 14.2. The van der Waals surface area contributed by atoms with Crippen LogP contribution in [0.15, 0.2) is 48.5 Å². The van der Waals surface area contributed by atoms with Gasteiger partial charge in [0.1, 0.15) is 5.82 Å². The second-order valence-corrected chi connectivity index (χ2v) is 5.67. The first kappa shape index (κ1) is 17.1. The Morgan fingerprint density at radius 2 is 1.91 bits per heavy atom. The Hall–Kier alpha value is -2.22. The Kier molecular flexibility index (Phi) is 6.28. The predicted molar refractivity (Wildman–Crippen MR) is 88.0 cm³/mol. The van der Waals surface area contributed by atoms with Crippen LogP contribution in [0.4, 0.5) is 4.39 Å². The lowest BCUT2D eigenvalue weighted by Gasteiger charge is -2.29. The van der Waals surface area contributed by atoms with Gasteiger partial charge in [-0.2, -0.15) is 5.26 Å². The molecule has 0 aliphatic heterocycles. The molecule has 3 nitrogen and oxygen atoms in total. The van der Waals surface area contributed by atoms with Crippen molar-refractivity contribution >= 4 is 0 Å². The van der Waals surface area contributed by atoms with Crippen molar-refractivity contribution in [1.29, 1.82) is 5.26 Å². The molecule has 0 saturated heterocycles. The second-order valence-electron chi connectivity index (χ2n) is 5.67. The van der Waals surface area contributed by atoms with E-state index in [1.165, 1.54) is 6.07 Å². The fourth-order valence-corrected chi connectivity index (χ4v) is 2.52. The number of aliphatic hydroxyl groups excluding tert-OH is 1. The molecular formula is C19H21FN2O. The molecule has 0 saturated carbocycles. The smallest absolute Gasteiger partial charge is 0.129 e. The van der Waals surface area contributed by atoms with Gasteiger partial charge < -0.3 is 5.11 Å². The largest absolute Gasteiger partial charge is 0.396 e. The molecule has 0 heterocycles. The zero-order chi connectivity index (χ0) is 16.7. The van der Waals surface area contributed by atoms with Crippen molar-refractivity contribution in [2.75, 3.05) is 6.61 Å². The summed E-state index contributed by atoms with van der Waals surface area (Å²) in [6, 6.07) is 16.6. The van der Waals surface area contributed by atoms with Crippen LogP contribution in [-0.4, -0.2) is 22.7 Å². The van der Waals surface area contributed by atoms with E-state index in [0.717, 1.165) is 5.56 Å². The highest BCUT2D eigenvalue weighted by atomic mass is 19.1. The van der Waals surface area contributed by atoms with Gasteiger partial charge in [-0.25, -0.2) is 4.39 Å². The molecule has 1 unspecified atom stereocenters. The van der Waals surface area contributed by atoms with Crippen LogP contribution >= 0.6 is 0 Å². The third-order valence-electron chi connectivity index (χ3n) is 3.95. The summed E-state index contributed by atoms with van der Waals surface area (Å²) < 4.78 is 14.2. The molecular weight excluding hydrogens is 291 g/mol. The molecule has 120 valence electrons. The first-order valence-electron chi connectivity index (χ1n) is 7.71. The molecule has 0 aromatic heterocycles. The number of aliphatic hydroxyl groups is 1. The fraction of sp³-hybridized carbons (Fsp3) is 0.316. The number of benzene rings is 2. The van der Waals surface area contributed by atoms with Gasteiger partial charge in [0, 0.05) is 31.3 Å². The Balaban J connectivity index is 2.19. The van der Waals surface area contributed by atoms with E-state index in [2.05, 4.69) is 4.90 Å². The molecule has 2 aromatic carbocycles. The summed E-state index contributed by atoms with van der Waals surface area (Å²) in [5.74, 6) is -0.363. The van der Waals surface area contributed by atoms with Crippen LogP contribution < -0.4 is 0 Å². The fourth-order valence-electron chi connectivity index (χ4n) is 2.52. The third kappa shape index (κ3) is 4.88. The minimum absolute atomic E-state index is 0.0995. The zero-order valence-corrected chi connectivity index (χ0v) is 13.2. The summed E-state index contributed by atoms with van der Waals surface area (Å²) in [6.45, 7) is 3.25. The molecule has 0 bridgehead atoms. The number of nitriles is 1. The van der Waals surface area contributed by atoms with E-state index < -0.39 is 0 Å². The predicted octanol–water partition coefficient (Wildman–Crippen LogP) is 3.47. The quantitative estimate of drug-likeness (QED) is 0.851. The first-order valence-corrected chi connectivity index (χ1v) is 7.71. The van der Waals surface area contributed by atoms with E-state index in [9.17, 15) is 9.50 Å². The zero-order valence-electron chi connectivity index (χ0n) is 13.2. The van der Waals surface area contributed by atoms with Crippen LogP contribution in [0.25, 0.3) is 0 Å². The van der Waals surface area contributed by atoms with Crippen LogP contribution in [0.5, 0.6) is 0 Å². The molecule has 0 aliphatic carbocycles. The molecule has 0 spiro atoms.